The fourth-order valence-corrected chi connectivity index (χ4v) is 1.97. The second-order valence-corrected chi connectivity index (χ2v) is 6.06. The van der Waals surface area contributed by atoms with Crippen LogP contribution >= 0.6 is 0 Å². The zero-order chi connectivity index (χ0) is 15.3. The van der Waals surface area contributed by atoms with E-state index in [9.17, 15) is 4.79 Å². The van der Waals surface area contributed by atoms with Gasteiger partial charge in [-0.1, -0.05) is 63.2 Å². The molecule has 0 saturated carbocycles. The number of anilines is 1. The van der Waals surface area contributed by atoms with Crippen molar-refractivity contribution in [3.8, 4) is 0 Å². The van der Waals surface area contributed by atoms with Crippen LogP contribution in [0.5, 0.6) is 0 Å². The van der Waals surface area contributed by atoms with Crippen LogP contribution in [-0.2, 0) is 10.2 Å². The monoisotopic (exact) mass is 279 g/mol. The third-order valence-electron chi connectivity index (χ3n) is 3.25. The Morgan fingerprint density at radius 3 is 2.14 bits per heavy atom. The van der Waals surface area contributed by atoms with Crippen molar-refractivity contribution in [3.05, 3.63) is 71.8 Å². The van der Waals surface area contributed by atoms with Crippen molar-refractivity contribution in [1.29, 1.82) is 0 Å². The number of nitrogens with one attached hydrogen (secondary N) is 1. The van der Waals surface area contributed by atoms with Crippen LogP contribution in [0.15, 0.2) is 60.7 Å². The zero-order valence-corrected chi connectivity index (χ0v) is 12.8. The molecule has 2 heteroatoms. The smallest absolute Gasteiger partial charge is 0.248 e. The molecular formula is C19H21NO. The molecule has 0 aromatic heterocycles. The first kappa shape index (κ1) is 15.0. The normalized spacial score (nSPS) is 11.6. The number of benzene rings is 2. The Morgan fingerprint density at radius 2 is 1.57 bits per heavy atom. The molecule has 0 aliphatic heterocycles. The van der Waals surface area contributed by atoms with Crippen LogP contribution in [0, 0.1) is 0 Å². The Bertz CT molecular complexity index is 619. The number of rotatable bonds is 3. The standard InChI is InChI=1S/C19H21NO/c1-19(2,3)16-12-9-15(10-13-16)11-14-18(21)20-17-7-5-4-6-8-17/h4-14H,1-3H3,(H,20,21)/b14-11+. The highest BCUT2D eigenvalue weighted by Crippen LogP contribution is 2.22. The molecule has 2 aromatic rings. The molecule has 2 nitrogen and oxygen atoms in total. The van der Waals surface area contributed by atoms with E-state index in [1.165, 1.54) is 5.56 Å². The van der Waals surface area contributed by atoms with E-state index in [0.717, 1.165) is 11.3 Å². The second-order valence-electron chi connectivity index (χ2n) is 6.06. The fourth-order valence-electron chi connectivity index (χ4n) is 1.97. The van der Waals surface area contributed by atoms with E-state index < -0.39 is 0 Å². The summed E-state index contributed by atoms with van der Waals surface area (Å²) in [5, 5.41) is 2.82. The van der Waals surface area contributed by atoms with Crippen LogP contribution in [0.4, 0.5) is 5.69 Å². The van der Waals surface area contributed by atoms with Gasteiger partial charge in [0.15, 0.2) is 0 Å². The molecule has 0 radical (unpaired) electrons. The number of hydrogen-bond donors (Lipinski definition) is 1. The van der Waals surface area contributed by atoms with E-state index in [-0.39, 0.29) is 11.3 Å². The minimum Gasteiger partial charge on any atom is -0.323 e. The maximum Gasteiger partial charge on any atom is 0.248 e. The fraction of sp³-hybridized carbons (Fsp3) is 0.211. The average molecular weight is 279 g/mol. The second kappa shape index (κ2) is 6.40. The molecule has 108 valence electrons. The van der Waals surface area contributed by atoms with Crippen molar-refractivity contribution < 1.29 is 4.79 Å². The summed E-state index contributed by atoms with van der Waals surface area (Å²) in [6.45, 7) is 6.56. The Labute approximate surface area is 126 Å². The lowest BCUT2D eigenvalue weighted by molar-refractivity contribution is -0.111. The molecule has 2 rings (SSSR count). The molecule has 0 atom stereocenters. The molecule has 1 N–H and O–H groups in total. The Morgan fingerprint density at radius 1 is 0.952 bits per heavy atom. The summed E-state index contributed by atoms with van der Waals surface area (Å²) in [5.41, 5.74) is 3.25. The third kappa shape index (κ3) is 4.60. The van der Waals surface area contributed by atoms with Crippen LogP contribution in [0.2, 0.25) is 0 Å². The summed E-state index contributed by atoms with van der Waals surface area (Å²) in [5.74, 6) is -0.124. The van der Waals surface area contributed by atoms with Gasteiger partial charge < -0.3 is 5.32 Å². The Kier molecular flexibility index (Phi) is 4.59. The van der Waals surface area contributed by atoms with Gasteiger partial charge in [-0.15, -0.1) is 0 Å². The molecular weight excluding hydrogens is 258 g/mol. The lowest BCUT2D eigenvalue weighted by Gasteiger charge is -2.18. The van der Waals surface area contributed by atoms with E-state index in [2.05, 4.69) is 38.2 Å². The molecule has 2 aromatic carbocycles. The van der Waals surface area contributed by atoms with Crippen LogP contribution in [-0.4, -0.2) is 5.91 Å². The van der Waals surface area contributed by atoms with Crippen molar-refractivity contribution >= 4 is 17.7 Å². The number of carbonyl (C=O) groups is 1. The SMILES string of the molecule is CC(C)(C)c1ccc(/C=C/C(=O)Nc2ccccc2)cc1. The highest BCUT2D eigenvalue weighted by Gasteiger charge is 2.12. The Balaban J connectivity index is 1.99. The molecule has 1 amide bonds. The maximum absolute atomic E-state index is 11.8. The van der Waals surface area contributed by atoms with Gasteiger partial charge in [-0.2, -0.15) is 0 Å². The average Bonchev–Trinajstić information content (AvgIpc) is 2.46. The molecule has 0 heterocycles. The lowest BCUT2D eigenvalue weighted by Crippen LogP contribution is -2.10. The highest BCUT2D eigenvalue weighted by atomic mass is 16.1. The van der Waals surface area contributed by atoms with E-state index in [4.69, 9.17) is 0 Å². The first-order valence-corrected chi connectivity index (χ1v) is 7.10. The first-order valence-electron chi connectivity index (χ1n) is 7.10. The summed E-state index contributed by atoms with van der Waals surface area (Å²) in [6, 6.07) is 17.7. The molecule has 0 aliphatic carbocycles. The van der Waals surface area contributed by atoms with E-state index in [1.54, 1.807) is 6.08 Å². The molecule has 0 saturated heterocycles. The van der Waals surface area contributed by atoms with Gasteiger partial charge in [0.05, 0.1) is 0 Å². The van der Waals surface area contributed by atoms with Gasteiger partial charge in [0, 0.05) is 11.8 Å². The summed E-state index contributed by atoms with van der Waals surface area (Å²) >= 11 is 0. The molecule has 21 heavy (non-hydrogen) atoms. The summed E-state index contributed by atoms with van der Waals surface area (Å²) in [4.78, 5) is 11.8. The highest BCUT2D eigenvalue weighted by molar-refractivity contribution is 6.01. The molecule has 0 spiro atoms. The van der Waals surface area contributed by atoms with Crippen molar-refractivity contribution in [2.75, 3.05) is 5.32 Å². The van der Waals surface area contributed by atoms with Gasteiger partial charge in [0.25, 0.3) is 0 Å². The van der Waals surface area contributed by atoms with Crippen LogP contribution in [0.1, 0.15) is 31.9 Å². The Hall–Kier alpha value is -2.35. The van der Waals surface area contributed by atoms with E-state index in [1.807, 2.05) is 48.5 Å². The van der Waals surface area contributed by atoms with Crippen molar-refractivity contribution in [2.24, 2.45) is 0 Å². The van der Waals surface area contributed by atoms with Crippen LogP contribution in [0.3, 0.4) is 0 Å². The zero-order valence-electron chi connectivity index (χ0n) is 12.8. The summed E-state index contributed by atoms with van der Waals surface area (Å²) in [7, 11) is 0. The van der Waals surface area contributed by atoms with Gasteiger partial charge in [-0.25, -0.2) is 0 Å². The predicted octanol–water partition coefficient (Wildman–Crippen LogP) is 4.64. The minimum absolute atomic E-state index is 0.124. The number of carbonyl (C=O) groups excluding carboxylic acids is 1. The summed E-state index contributed by atoms with van der Waals surface area (Å²) < 4.78 is 0. The molecule has 0 fully saturated rings. The largest absolute Gasteiger partial charge is 0.323 e. The lowest BCUT2D eigenvalue weighted by atomic mass is 9.87. The van der Waals surface area contributed by atoms with E-state index >= 15 is 0 Å². The summed E-state index contributed by atoms with van der Waals surface area (Å²) in [6.07, 6.45) is 3.38. The molecule has 0 aliphatic rings. The topological polar surface area (TPSA) is 29.1 Å². The number of hydrogen-bond acceptors (Lipinski definition) is 1. The number of para-hydroxylation sites is 1. The first-order chi connectivity index (χ1) is 9.95. The van der Waals surface area contributed by atoms with Crippen molar-refractivity contribution in [1.82, 2.24) is 0 Å². The predicted molar refractivity (Wildman–Crippen MR) is 89.2 cm³/mol. The van der Waals surface area contributed by atoms with Gasteiger partial charge in [0.2, 0.25) is 5.91 Å². The molecule has 0 bridgehead atoms. The quantitative estimate of drug-likeness (QED) is 0.815. The van der Waals surface area contributed by atoms with Gasteiger partial charge >= 0.3 is 0 Å². The van der Waals surface area contributed by atoms with E-state index in [0.29, 0.717) is 0 Å². The third-order valence-corrected chi connectivity index (χ3v) is 3.25. The van der Waals surface area contributed by atoms with Crippen LogP contribution < -0.4 is 5.32 Å². The van der Waals surface area contributed by atoms with Crippen molar-refractivity contribution in [2.45, 2.75) is 26.2 Å². The van der Waals surface area contributed by atoms with Gasteiger partial charge in [0.1, 0.15) is 0 Å². The van der Waals surface area contributed by atoms with Gasteiger partial charge in [-0.3, -0.25) is 4.79 Å². The molecule has 0 unspecified atom stereocenters. The minimum atomic E-state index is -0.124. The van der Waals surface area contributed by atoms with Crippen molar-refractivity contribution in [3.63, 3.8) is 0 Å². The number of amides is 1. The maximum atomic E-state index is 11.8. The van der Waals surface area contributed by atoms with Gasteiger partial charge in [-0.05, 0) is 34.8 Å². The van der Waals surface area contributed by atoms with Crippen LogP contribution in [0.25, 0.3) is 6.08 Å².